The Labute approximate surface area is 67.3 Å². The molecule has 1 heteroatoms. The molecule has 3 atom stereocenters. The maximum Gasteiger partial charge on any atom is 0.0373 e. The van der Waals surface area contributed by atoms with Crippen molar-refractivity contribution in [3.05, 3.63) is 12.2 Å². The standard InChI is InChI=1S/C9H13Cl/c10-9-4-2-1-3-7-5-8(7)6-9/h1-2,7-9H,3-6H2. The molecule has 0 aromatic rings. The Morgan fingerprint density at radius 3 is 2.70 bits per heavy atom. The number of rotatable bonds is 0. The molecule has 10 heavy (non-hydrogen) atoms. The van der Waals surface area contributed by atoms with Crippen molar-refractivity contribution in [1.29, 1.82) is 0 Å². The van der Waals surface area contributed by atoms with E-state index in [2.05, 4.69) is 12.2 Å². The molecule has 2 aliphatic rings. The first kappa shape index (κ1) is 6.72. The summed E-state index contributed by atoms with van der Waals surface area (Å²) in [5, 5.41) is 0.423. The van der Waals surface area contributed by atoms with Crippen LogP contribution in [0.2, 0.25) is 0 Å². The van der Waals surface area contributed by atoms with Gasteiger partial charge in [-0.3, -0.25) is 0 Å². The molecule has 0 amide bonds. The zero-order valence-corrected chi connectivity index (χ0v) is 6.85. The first-order valence-corrected chi connectivity index (χ1v) is 4.59. The van der Waals surface area contributed by atoms with Crippen LogP contribution in [0.5, 0.6) is 0 Å². The summed E-state index contributed by atoms with van der Waals surface area (Å²) in [6.07, 6.45) is 9.65. The van der Waals surface area contributed by atoms with E-state index < -0.39 is 0 Å². The Morgan fingerprint density at radius 1 is 1.00 bits per heavy atom. The lowest BCUT2D eigenvalue weighted by molar-refractivity contribution is 0.611. The Bertz CT molecular complexity index is 151. The summed E-state index contributed by atoms with van der Waals surface area (Å²) in [6.45, 7) is 0. The Morgan fingerprint density at radius 2 is 1.80 bits per heavy atom. The zero-order chi connectivity index (χ0) is 6.97. The van der Waals surface area contributed by atoms with E-state index in [-0.39, 0.29) is 0 Å². The van der Waals surface area contributed by atoms with Gasteiger partial charge in [0.15, 0.2) is 0 Å². The number of halogens is 1. The molecule has 0 N–H and O–H groups in total. The zero-order valence-electron chi connectivity index (χ0n) is 6.09. The van der Waals surface area contributed by atoms with E-state index in [4.69, 9.17) is 11.6 Å². The van der Waals surface area contributed by atoms with Crippen LogP contribution in [0.25, 0.3) is 0 Å². The van der Waals surface area contributed by atoms with Crippen LogP contribution in [-0.2, 0) is 0 Å². The lowest BCUT2D eigenvalue weighted by atomic mass is 10.1. The van der Waals surface area contributed by atoms with Crippen LogP contribution in [0.4, 0.5) is 0 Å². The second-order valence-electron chi connectivity index (χ2n) is 3.53. The summed E-state index contributed by atoms with van der Waals surface area (Å²) in [5.41, 5.74) is 0. The van der Waals surface area contributed by atoms with Crippen LogP contribution in [-0.4, -0.2) is 5.38 Å². The quantitative estimate of drug-likeness (QED) is 0.374. The van der Waals surface area contributed by atoms with Gasteiger partial charge in [0.2, 0.25) is 0 Å². The van der Waals surface area contributed by atoms with Crippen LogP contribution in [0.15, 0.2) is 12.2 Å². The van der Waals surface area contributed by atoms with Crippen LogP contribution in [0, 0.1) is 11.8 Å². The van der Waals surface area contributed by atoms with Gasteiger partial charge < -0.3 is 0 Å². The molecule has 0 radical (unpaired) electrons. The lowest BCUT2D eigenvalue weighted by Crippen LogP contribution is -2.00. The second-order valence-corrected chi connectivity index (χ2v) is 4.15. The third kappa shape index (κ3) is 1.37. The van der Waals surface area contributed by atoms with Gasteiger partial charge in [0.05, 0.1) is 0 Å². The predicted molar refractivity (Wildman–Crippen MR) is 44.2 cm³/mol. The molecule has 0 aromatic heterocycles. The third-order valence-corrected chi connectivity index (χ3v) is 2.98. The molecular formula is C9H13Cl. The second kappa shape index (κ2) is 2.58. The van der Waals surface area contributed by atoms with Crippen molar-refractivity contribution in [1.82, 2.24) is 0 Å². The number of hydrogen-bond donors (Lipinski definition) is 0. The smallest absolute Gasteiger partial charge is 0.0373 e. The van der Waals surface area contributed by atoms with Crippen LogP contribution in [0.3, 0.4) is 0 Å². The van der Waals surface area contributed by atoms with Gasteiger partial charge in [-0.2, -0.15) is 0 Å². The molecule has 3 unspecified atom stereocenters. The molecule has 1 saturated carbocycles. The molecule has 0 heterocycles. The maximum absolute atomic E-state index is 6.06. The van der Waals surface area contributed by atoms with Gasteiger partial charge in [-0.25, -0.2) is 0 Å². The average Bonchev–Trinajstić information content (AvgIpc) is 2.54. The van der Waals surface area contributed by atoms with Crippen molar-refractivity contribution in [3.63, 3.8) is 0 Å². The summed E-state index contributed by atoms with van der Waals surface area (Å²) in [6, 6.07) is 0. The Balaban J connectivity index is 1.97. The number of alkyl halides is 1. The number of hydrogen-bond acceptors (Lipinski definition) is 0. The molecule has 0 bridgehead atoms. The van der Waals surface area contributed by atoms with Crippen molar-refractivity contribution < 1.29 is 0 Å². The van der Waals surface area contributed by atoms with E-state index in [9.17, 15) is 0 Å². The van der Waals surface area contributed by atoms with Crippen LogP contribution < -0.4 is 0 Å². The third-order valence-electron chi connectivity index (χ3n) is 2.62. The highest BCUT2D eigenvalue weighted by molar-refractivity contribution is 6.20. The predicted octanol–water partition coefficient (Wildman–Crippen LogP) is 2.97. The molecule has 0 nitrogen and oxygen atoms in total. The van der Waals surface area contributed by atoms with Gasteiger partial charge in [0.25, 0.3) is 0 Å². The molecule has 1 fully saturated rings. The van der Waals surface area contributed by atoms with E-state index in [1.54, 1.807) is 0 Å². The SMILES string of the molecule is ClC1CC=CCC2CC2C1. The van der Waals surface area contributed by atoms with Crippen molar-refractivity contribution in [2.45, 2.75) is 31.1 Å². The van der Waals surface area contributed by atoms with Gasteiger partial charge in [-0.15, -0.1) is 11.6 Å². The minimum atomic E-state index is 0.423. The Hall–Kier alpha value is 0.0300. The van der Waals surface area contributed by atoms with E-state index in [0.29, 0.717) is 5.38 Å². The highest BCUT2D eigenvalue weighted by atomic mass is 35.5. The molecular weight excluding hydrogens is 144 g/mol. The Kier molecular flexibility index (Phi) is 1.73. The molecule has 0 saturated heterocycles. The van der Waals surface area contributed by atoms with Crippen molar-refractivity contribution in [2.24, 2.45) is 11.8 Å². The van der Waals surface area contributed by atoms with E-state index in [1.807, 2.05) is 0 Å². The van der Waals surface area contributed by atoms with E-state index in [1.165, 1.54) is 19.3 Å². The number of fused-ring (bicyclic) bond motifs is 1. The molecule has 2 rings (SSSR count). The fourth-order valence-electron chi connectivity index (χ4n) is 1.83. The van der Waals surface area contributed by atoms with E-state index in [0.717, 1.165) is 18.3 Å². The molecule has 0 spiro atoms. The minimum Gasteiger partial charge on any atom is -0.123 e. The largest absolute Gasteiger partial charge is 0.123 e. The molecule has 2 aliphatic carbocycles. The summed E-state index contributed by atoms with van der Waals surface area (Å²) in [7, 11) is 0. The van der Waals surface area contributed by atoms with Crippen molar-refractivity contribution in [2.75, 3.05) is 0 Å². The monoisotopic (exact) mass is 156 g/mol. The first-order valence-electron chi connectivity index (χ1n) is 4.15. The van der Waals surface area contributed by atoms with Gasteiger partial charge in [0, 0.05) is 5.38 Å². The summed E-state index contributed by atoms with van der Waals surface area (Å²) >= 11 is 6.06. The summed E-state index contributed by atoms with van der Waals surface area (Å²) in [5.74, 6) is 1.98. The average molecular weight is 157 g/mol. The number of allylic oxidation sites excluding steroid dienone is 2. The topological polar surface area (TPSA) is 0 Å². The normalized spacial score (nSPS) is 45.5. The van der Waals surface area contributed by atoms with Crippen molar-refractivity contribution in [3.8, 4) is 0 Å². The van der Waals surface area contributed by atoms with Crippen LogP contribution >= 0.6 is 11.6 Å². The van der Waals surface area contributed by atoms with Gasteiger partial charge in [-0.05, 0) is 37.5 Å². The van der Waals surface area contributed by atoms with Gasteiger partial charge >= 0.3 is 0 Å². The fraction of sp³-hybridized carbons (Fsp3) is 0.778. The maximum atomic E-state index is 6.06. The van der Waals surface area contributed by atoms with Crippen LogP contribution in [0.1, 0.15) is 25.7 Å². The molecule has 0 aromatic carbocycles. The minimum absolute atomic E-state index is 0.423. The van der Waals surface area contributed by atoms with Crippen molar-refractivity contribution >= 4 is 11.6 Å². The first-order chi connectivity index (χ1) is 4.86. The highest BCUT2D eigenvalue weighted by Gasteiger charge is 2.37. The highest BCUT2D eigenvalue weighted by Crippen LogP contribution is 2.46. The lowest BCUT2D eigenvalue weighted by Gasteiger charge is -2.07. The summed E-state index contributed by atoms with van der Waals surface area (Å²) in [4.78, 5) is 0. The van der Waals surface area contributed by atoms with Gasteiger partial charge in [0.1, 0.15) is 0 Å². The molecule has 56 valence electrons. The summed E-state index contributed by atoms with van der Waals surface area (Å²) < 4.78 is 0. The van der Waals surface area contributed by atoms with Gasteiger partial charge in [-0.1, -0.05) is 12.2 Å². The fourth-order valence-corrected chi connectivity index (χ4v) is 2.16. The van der Waals surface area contributed by atoms with E-state index >= 15 is 0 Å². The molecule has 0 aliphatic heterocycles.